The van der Waals surface area contributed by atoms with Crippen molar-refractivity contribution in [2.75, 3.05) is 11.9 Å². The maximum atomic E-state index is 11.3. The van der Waals surface area contributed by atoms with E-state index < -0.39 is 0 Å². The molecule has 0 aromatic rings. The molecule has 3 unspecified atom stereocenters. The Hall–Kier alpha value is -0.0500. The van der Waals surface area contributed by atoms with E-state index in [1.807, 2.05) is 0 Å². The first-order chi connectivity index (χ1) is 6.24. The van der Waals surface area contributed by atoms with Crippen molar-refractivity contribution in [2.45, 2.75) is 32.2 Å². The van der Waals surface area contributed by atoms with E-state index in [9.17, 15) is 4.79 Å². The van der Waals surface area contributed by atoms with Crippen LogP contribution in [0.4, 0.5) is 0 Å². The lowest BCUT2D eigenvalue weighted by atomic mass is 10.1. The fourth-order valence-electron chi connectivity index (χ4n) is 2.55. The summed E-state index contributed by atoms with van der Waals surface area (Å²) in [6, 6.07) is 0.569. The fourth-order valence-corrected chi connectivity index (χ4v) is 3.29. The minimum absolute atomic E-state index is 0.266. The predicted octanol–water partition coefficient (Wildman–Crippen LogP) is 2.03. The van der Waals surface area contributed by atoms with Crippen LogP contribution in [0.25, 0.3) is 0 Å². The van der Waals surface area contributed by atoms with Crippen LogP contribution in [-0.2, 0) is 4.79 Å². The van der Waals surface area contributed by atoms with Crippen LogP contribution in [0.3, 0.4) is 0 Å². The Kier molecular flexibility index (Phi) is 2.63. The van der Waals surface area contributed by atoms with Crippen LogP contribution in [0.15, 0.2) is 0 Å². The molecule has 0 aromatic carbocycles. The summed E-state index contributed by atoms with van der Waals surface area (Å²) in [5.41, 5.74) is 0. The smallest absolute Gasteiger partial charge is 0.219 e. The van der Waals surface area contributed by atoms with Crippen LogP contribution in [0, 0.1) is 11.8 Å². The van der Waals surface area contributed by atoms with Crippen LogP contribution < -0.4 is 0 Å². The molecule has 1 saturated heterocycles. The van der Waals surface area contributed by atoms with Gasteiger partial charge in [-0.05, 0) is 31.1 Å². The monoisotopic (exact) mass is 245 g/mol. The summed E-state index contributed by atoms with van der Waals surface area (Å²) < 4.78 is 0. The van der Waals surface area contributed by atoms with E-state index in [1.165, 1.54) is 19.3 Å². The molecule has 0 spiro atoms. The largest absolute Gasteiger partial charge is 0.340 e. The van der Waals surface area contributed by atoms with Gasteiger partial charge in [0.15, 0.2) is 0 Å². The summed E-state index contributed by atoms with van der Waals surface area (Å²) in [5, 5.41) is 1.11. The summed E-state index contributed by atoms with van der Waals surface area (Å²) in [6.45, 7) is 2.69. The van der Waals surface area contributed by atoms with Gasteiger partial charge < -0.3 is 4.90 Å². The molecule has 2 fully saturated rings. The van der Waals surface area contributed by atoms with Crippen LogP contribution in [-0.4, -0.2) is 28.7 Å². The van der Waals surface area contributed by atoms with Gasteiger partial charge in [-0.1, -0.05) is 15.9 Å². The molecule has 1 aliphatic heterocycles. The van der Waals surface area contributed by atoms with Crippen molar-refractivity contribution in [1.82, 2.24) is 4.90 Å². The topological polar surface area (TPSA) is 20.3 Å². The van der Waals surface area contributed by atoms with Crippen LogP contribution in [0.2, 0.25) is 0 Å². The Morgan fingerprint density at radius 1 is 1.62 bits per heavy atom. The van der Waals surface area contributed by atoms with Gasteiger partial charge in [-0.2, -0.15) is 0 Å². The molecule has 3 heteroatoms. The lowest BCUT2D eigenvalue weighted by molar-refractivity contribution is -0.130. The molecule has 1 saturated carbocycles. The standard InChI is InChI=1S/C10H16BrNO/c1-7(13)12-4-2-3-10(12)9-5-8(9)6-11/h8-10H,2-6H2,1H3. The molecule has 2 nitrogen and oxygen atoms in total. The molecular weight excluding hydrogens is 230 g/mol. The van der Waals surface area contributed by atoms with Gasteiger partial charge in [0.25, 0.3) is 0 Å². The summed E-state index contributed by atoms with van der Waals surface area (Å²) >= 11 is 3.52. The van der Waals surface area contributed by atoms with Crippen molar-refractivity contribution >= 4 is 21.8 Å². The number of amides is 1. The van der Waals surface area contributed by atoms with E-state index in [1.54, 1.807) is 6.92 Å². The lowest BCUT2D eigenvalue weighted by Crippen LogP contribution is -2.35. The second-order valence-corrected chi connectivity index (χ2v) is 4.88. The number of likely N-dealkylation sites (tertiary alicyclic amines) is 1. The number of hydrogen-bond donors (Lipinski definition) is 0. The highest BCUT2D eigenvalue weighted by Gasteiger charge is 2.46. The zero-order chi connectivity index (χ0) is 9.42. The first-order valence-electron chi connectivity index (χ1n) is 5.07. The van der Waals surface area contributed by atoms with E-state index in [4.69, 9.17) is 0 Å². The van der Waals surface area contributed by atoms with E-state index in [2.05, 4.69) is 20.8 Å². The van der Waals surface area contributed by atoms with E-state index in [0.717, 1.165) is 23.7 Å². The molecule has 0 bridgehead atoms. The molecule has 1 amide bonds. The predicted molar refractivity (Wildman–Crippen MR) is 55.8 cm³/mol. The van der Waals surface area contributed by atoms with Crippen molar-refractivity contribution in [1.29, 1.82) is 0 Å². The van der Waals surface area contributed by atoms with Gasteiger partial charge in [0.05, 0.1) is 0 Å². The highest BCUT2D eigenvalue weighted by molar-refractivity contribution is 9.09. The third kappa shape index (κ3) is 1.76. The van der Waals surface area contributed by atoms with Gasteiger partial charge in [-0.3, -0.25) is 4.79 Å². The molecule has 74 valence electrons. The molecule has 2 aliphatic rings. The molecule has 1 aliphatic carbocycles. The first kappa shape index (κ1) is 9.50. The van der Waals surface area contributed by atoms with Crippen LogP contribution in [0.1, 0.15) is 26.2 Å². The Morgan fingerprint density at radius 3 is 2.92 bits per heavy atom. The second kappa shape index (κ2) is 3.60. The normalized spacial score (nSPS) is 38.0. The average Bonchev–Trinajstić information content (AvgIpc) is 2.72. The molecule has 0 radical (unpaired) electrons. The highest BCUT2D eigenvalue weighted by atomic mass is 79.9. The average molecular weight is 246 g/mol. The number of rotatable bonds is 2. The number of carbonyl (C=O) groups excluding carboxylic acids is 1. The second-order valence-electron chi connectivity index (χ2n) is 4.24. The first-order valence-corrected chi connectivity index (χ1v) is 6.19. The number of halogens is 1. The Bertz CT molecular complexity index is 219. The SMILES string of the molecule is CC(=O)N1CCCC1C1CC1CBr. The molecule has 13 heavy (non-hydrogen) atoms. The Morgan fingerprint density at radius 2 is 2.38 bits per heavy atom. The summed E-state index contributed by atoms with van der Waals surface area (Å²) in [5.74, 6) is 1.90. The van der Waals surface area contributed by atoms with Crippen molar-refractivity contribution < 1.29 is 4.79 Å². The minimum atomic E-state index is 0.266. The summed E-state index contributed by atoms with van der Waals surface area (Å²) in [4.78, 5) is 13.4. The molecule has 2 rings (SSSR count). The maximum absolute atomic E-state index is 11.3. The van der Waals surface area contributed by atoms with E-state index in [0.29, 0.717) is 6.04 Å². The van der Waals surface area contributed by atoms with Crippen molar-refractivity contribution in [3.8, 4) is 0 Å². The van der Waals surface area contributed by atoms with Gasteiger partial charge >= 0.3 is 0 Å². The number of carbonyl (C=O) groups is 1. The van der Waals surface area contributed by atoms with Gasteiger partial charge in [-0.25, -0.2) is 0 Å². The third-order valence-electron chi connectivity index (χ3n) is 3.37. The van der Waals surface area contributed by atoms with Crippen molar-refractivity contribution in [2.24, 2.45) is 11.8 Å². The van der Waals surface area contributed by atoms with Gasteiger partial charge in [0.1, 0.15) is 0 Å². The Balaban J connectivity index is 1.95. The number of hydrogen-bond acceptors (Lipinski definition) is 1. The zero-order valence-electron chi connectivity index (χ0n) is 8.00. The molecular formula is C10H16BrNO. The van der Waals surface area contributed by atoms with Crippen LogP contribution in [0.5, 0.6) is 0 Å². The van der Waals surface area contributed by atoms with Gasteiger partial charge in [-0.15, -0.1) is 0 Å². The number of alkyl halides is 1. The van der Waals surface area contributed by atoms with E-state index >= 15 is 0 Å². The molecule has 0 N–H and O–H groups in total. The van der Waals surface area contributed by atoms with Gasteiger partial charge in [0, 0.05) is 24.8 Å². The molecule has 0 aromatic heterocycles. The number of nitrogens with zero attached hydrogens (tertiary/aromatic N) is 1. The molecule has 3 atom stereocenters. The zero-order valence-corrected chi connectivity index (χ0v) is 9.59. The lowest BCUT2D eigenvalue weighted by Gasteiger charge is -2.23. The minimum Gasteiger partial charge on any atom is -0.340 e. The van der Waals surface area contributed by atoms with E-state index in [-0.39, 0.29) is 5.91 Å². The maximum Gasteiger partial charge on any atom is 0.219 e. The Labute approximate surface area is 87.8 Å². The van der Waals surface area contributed by atoms with Crippen LogP contribution >= 0.6 is 15.9 Å². The summed E-state index contributed by atoms with van der Waals surface area (Å²) in [6.07, 6.45) is 3.75. The fraction of sp³-hybridized carbons (Fsp3) is 0.900. The molecule has 1 heterocycles. The van der Waals surface area contributed by atoms with Gasteiger partial charge in [0.2, 0.25) is 5.91 Å². The van der Waals surface area contributed by atoms with Crippen molar-refractivity contribution in [3.63, 3.8) is 0 Å². The third-order valence-corrected chi connectivity index (χ3v) is 4.21. The quantitative estimate of drug-likeness (QED) is 0.683. The van der Waals surface area contributed by atoms with Crippen molar-refractivity contribution in [3.05, 3.63) is 0 Å². The summed E-state index contributed by atoms with van der Waals surface area (Å²) in [7, 11) is 0. The highest BCUT2D eigenvalue weighted by Crippen LogP contribution is 2.46.